The van der Waals surface area contributed by atoms with E-state index in [2.05, 4.69) is 80.8 Å². The van der Waals surface area contributed by atoms with Gasteiger partial charge in [-0.05, 0) is 62.2 Å². The molecule has 2 nitrogen and oxygen atoms in total. The minimum absolute atomic E-state index is 0.177. The SMILES string of the molecule is CCc1ccc(C(C)NC(=S)Nc2ccc(C)cc2C)cc1. The van der Waals surface area contributed by atoms with Crippen LogP contribution in [0, 0.1) is 13.8 Å². The molecule has 2 N–H and O–H groups in total. The third kappa shape index (κ3) is 4.31. The van der Waals surface area contributed by atoms with Gasteiger partial charge in [0.2, 0.25) is 0 Å². The fourth-order valence-corrected chi connectivity index (χ4v) is 2.72. The van der Waals surface area contributed by atoms with E-state index >= 15 is 0 Å². The number of hydrogen-bond acceptors (Lipinski definition) is 1. The van der Waals surface area contributed by atoms with Gasteiger partial charge >= 0.3 is 0 Å². The lowest BCUT2D eigenvalue weighted by Gasteiger charge is -2.18. The van der Waals surface area contributed by atoms with Crippen LogP contribution in [0.1, 0.15) is 42.1 Å². The lowest BCUT2D eigenvalue weighted by atomic mass is 10.1. The molecule has 3 heteroatoms. The Morgan fingerprint density at radius 3 is 2.36 bits per heavy atom. The Morgan fingerprint density at radius 1 is 1.09 bits per heavy atom. The molecule has 2 rings (SSSR count). The molecule has 0 spiro atoms. The average Bonchev–Trinajstić information content (AvgIpc) is 2.50. The van der Waals surface area contributed by atoms with Crippen LogP contribution in [-0.4, -0.2) is 5.11 Å². The summed E-state index contributed by atoms with van der Waals surface area (Å²) in [7, 11) is 0. The van der Waals surface area contributed by atoms with Gasteiger partial charge in [-0.25, -0.2) is 0 Å². The molecule has 0 heterocycles. The largest absolute Gasteiger partial charge is 0.356 e. The Labute approximate surface area is 139 Å². The highest BCUT2D eigenvalue weighted by atomic mass is 32.1. The van der Waals surface area contributed by atoms with Gasteiger partial charge in [-0.15, -0.1) is 0 Å². The Morgan fingerprint density at radius 2 is 1.77 bits per heavy atom. The minimum Gasteiger partial charge on any atom is -0.356 e. The van der Waals surface area contributed by atoms with E-state index in [1.54, 1.807) is 0 Å². The number of thiocarbonyl (C=S) groups is 1. The van der Waals surface area contributed by atoms with Crippen LogP contribution in [0.25, 0.3) is 0 Å². The van der Waals surface area contributed by atoms with Crippen LogP contribution < -0.4 is 10.6 Å². The van der Waals surface area contributed by atoms with Gasteiger partial charge < -0.3 is 10.6 Å². The molecule has 22 heavy (non-hydrogen) atoms. The first-order valence-electron chi connectivity index (χ1n) is 7.73. The van der Waals surface area contributed by atoms with Crippen molar-refractivity contribution in [2.75, 3.05) is 5.32 Å². The number of hydrogen-bond donors (Lipinski definition) is 2. The molecule has 2 aromatic carbocycles. The van der Waals surface area contributed by atoms with E-state index in [1.165, 1.54) is 22.3 Å². The Bertz CT molecular complexity index is 647. The van der Waals surface area contributed by atoms with Crippen LogP contribution in [0.15, 0.2) is 42.5 Å². The second-order valence-corrected chi connectivity index (χ2v) is 6.14. The van der Waals surface area contributed by atoms with Gasteiger partial charge in [0, 0.05) is 5.69 Å². The van der Waals surface area contributed by atoms with Gasteiger partial charge in [0.15, 0.2) is 5.11 Å². The van der Waals surface area contributed by atoms with Crippen LogP contribution in [0.2, 0.25) is 0 Å². The first-order valence-corrected chi connectivity index (χ1v) is 8.14. The van der Waals surface area contributed by atoms with Crippen LogP contribution in [0.3, 0.4) is 0 Å². The van der Waals surface area contributed by atoms with Gasteiger partial charge in [-0.3, -0.25) is 0 Å². The molecule has 0 bridgehead atoms. The minimum atomic E-state index is 0.177. The van der Waals surface area contributed by atoms with Crippen molar-refractivity contribution < 1.29 is 0 Å². The molecule has 0 saturated heterocycles. The van der Waals surface area contributed by atoms with E-state index in [0.29, 0.717) is 5.11 Å². The highest BCUT2D eigenvalue weighted by Crippen LogP contribution is 2.17. The van der Waals surface area contributed by atoms with Crippen LogP contribution in [0.4, 0.5) is 5.69 Å². The van der Waals surface area contributed by atoms with Crippen LogP contribution in [0.5, 0.6) is 0 Å². The zero-order valence-electron chi connectivity index (χ0n) is 13.7. The Balaban J connectivity index is 1.98. The van der Waals surface area contributed by atoms with Gasteiger partial charge in [0.05, 0.1) is 6.04 Å². The second kappa shape index (κ2) is 7.41. The molecule has 1 unspecified atom stereocenters. The molecule has 2 aromatic rings. The molecule has 0 radical (unpaired) electrons. The predicted octanol–water partition coefficient (Wildman–Crippen LogP) is 4.91. The first kappa shape index (κ1) is 16.5. The normalized spacial score (nSPS) is 11.8. The zero-order chi connectivity index (χ0) is 16.1. The van der Waals surface area contributed by atoms with Gasteiger partial charge in [0.25, 0.3) is 0 Å². The molecule has 0 aliphatic rings. The number of aryl methyl sites for hydroxylation is 3. The molecule has 0 amide bonds. The van der Waals surface area contributed by atoms with Crippen molar-refractivity contribution in [2.45, 2.75) is 40.2 Å². The maximum Gasteiger partial charge on any atom is 0.171 e. The molecule has 0 fully saturated rings. The predicted molar refractivity (Wildman–Crippen MR) is 99.5 cm³/mol. The fraction of sp³-hybridized carbons (Fsp3) is 0.316. The van der Waals surface area contributed by atoms with Gasteiger partial charge in [-0.2, -0.15) is 0 Å². The average molecular weight is 312 g/mol. The van der Waals surface area contributed by atoms with Crippen molar-refractivity contribution in [2.24, 2.45) is 0 Å². The molecule has 116 valence electrons. The molecule has 0 aliphatic carbocycles. The number of benzene rings is 2. The van der Waals surface area contributed by atoms with E-state index in [1.807, 2.05) is 0 Å². The molecule has 0 saturated carbocycles. The monoisotopic (exact) mass is 312 g/mol. The standard InChI is InChI=1S/C19H24N2S/c1-5-16-7-9-17(10-8-16)15(4)20-19(22)21-18-11-6-13(2)12-14(18)3/h6-12,15H,5H2,1-4H3,(H2,20,21,22). The highest BCUT2D eigenvalue weighted by Gasteiger charge is 2.08. The fourth-order valence-electron chi connectivity index (χ4n) is 2.43. The summed E-state index contributed by atoms with van der Waals surface area (Å²) in [6, 6.07) is 15.2. The Hall–Kier alpha value is -1.87. The van der Waals surface area contributed by atoms with Crippen molar-refractivity contribution >= 4 is 23.0 Å². The van der Waals surface area contributed by atoms with E-state index in [4.69, 9.17) is 12.2 Å². The lowest BCUT2D eigenvalue weighted by Crippen LogP contribution is -2.31. The maximum absolute atomic E-state index is 5.43. The summed E-state index contributed by atoms with van der Waals surface area (Å²) >= 11 is 5.43. The second-order valence-electron chi connectivity index (χ2n) is 5.73. The molecule has 0 aliphatic heterocycles. The number of nitrogens with one attached hydrogen (secondary N) is 2. The summed E-state index contributed by atoms with van der Waals surface area (Å²) < 4.78 is 0. The van der Waals surface area contributed by atoms with Crippen molar-refractivity contribution in [1.82, 2.24) is 5.32 Å². The molecular formula is C19H24N2S. The topological polar surface area (TPSA) is 24.1 Å². The summed E-state index contributed by atoms with van der Waals surface area (Å²) in [5.41, 5.74) is 6.10. The quantitative estimate of drug-likeness (QED) is 0.784. The van der Waals surface area contributed by atoms with Crippen molar-refractivity contribution in [3.05, 3.63) is 64.7 Å². The summed E-state index contributed by atoms with van der Waals surface area (Å²) in [6.07, 6.45) is 1.06. The lowest BCUT2D eigenvalue weighted by molar-refractivity contribution is 0.722. The highest BCUT2D eigenvalue weighted by molar-refractivity contribution is 7.80. The van der Waals surface area contributed by atoms with E-state index in [0.717, 1.165) is 12.1 Å². The van der Waals surface area contributed by atoms with Crippen LogP contribution in [-0.2, 0) is 6.42 Å². The third-order valence-corrected chi connectivity index (χ3v) is 4.09. The van der Waals surface area contributed by atoms with E-state index in [9.17, 15) is 0 Å². The van der Waals surface area contributed by atoms with E-state index < -0.39 is 0 Å². The smallest absolute Gasteiger partial charge is 0.171 e. The van der Waals surface area contributed by atoms with Gasteiger partial charge in [0.1, 0.15) is 0 Å². The Kier molecular flexibility index (Phi) is 5.56. The molecular weight excluding hydrogens is 288 g/mol. The number of rotatable bonds is 4. The van der Waals surface area contributed by atoms with Gasteiger partial charge in [-0.1, -0.05) is 48.9 Å². The first-order chi connectivity index (χ1) is 10.5. The zero-order valence-corrected chi connectivity index (χ0v) is 14.6. The van der Waals surface area contributed by atoms with Crippen LogP contribution >= 0.6 is 12.2 Å². The van der Waals surface area contributed by atoms with Crippen molar-refractivity contribution in [3.63, 3.8) is 0 Å². The summed E-state index contributed by atoms with van der Waals surface area (Å²) in [5, 5.41) is 7.28. The third-order valence-electron chi connectivity index (χ3n) is 3.87. The summed E-state index contributed by atoms with van der Waals surface area (Å²) in [6.45, 7) is 8.47. The van der Waals surface area contributed by atoms with E-state index in [-0.39, 0.29) is 6.04 Å². The summed E-state index contributed by atoms with van der Waals surface area (Å²) in [4.78, 5) is 0. The van der Waals surface area contributed by atoms with Crippen molar-refractivity contribution in [1.29, 1.82) is 0 Å². The maximum atomic E-state index is 5.43. The molecule has 0 aromatic heterocycles. The van der Waals surface area contributed by atoms with Crippen molar-refractivity contribution in [3.8, 4) is 0 Å². The molecule has 1 atom stereocenters. The summed E-state index contributed by atoms with van der Waals surface area (Å²) in [5.74, 6) is 0. The number of anilines is 1.